The summed E-state index contributed by atoms with van der Waals surface area (Å²) in [7, 11) is 0. The van der Waals surface area contributed by atoms with Crippen molar-refractivity contribution in [1.82, 2.24) is 0 Å². The highest BCUT2D eigenvalue weighted by molar-refractivity contribution is 5.19. The lowest BCUT2D eigenvalue weighted by molar-refractivity contribution is -0.214. The van der Waals surface area contributed by atoms with Crippen molar-refractivity contribution < 1.29 is 18.3 Å². The van der Waals surface area contributed by atoms with E-state index in [2.05, 4.69) is 6.92 Å². The van der Waals surface area contributed by atoms with Gasteiger partial charge in [0.05, 0.1) is 13.2 Å². The van der Waals surface area contributed by atoms with E-state index in [-0.39, 0.29) is 0 Å². The lowest BCUT2D eigenvalue weighted by Crippen LogP contribution is -2.34. The quantitative estimate of drug-likeness (QED) is 0.755. The summed E-state index contributed by atoms with van der Waals surface area (Å²) in [5, 5.41) is 0. The molecule has 1 aliphatic heterocycles. The Hall–Kier alpha value is -1.00. The Morgan fingerprint density at radius 3 is 2.26 bits per heavy atom. The van der Waals surface area contributed by atoms with Gasteiger partial charge in [0.2, 0.25) is 0 Å². The Kier molecular flexibility index (Phi) is 5.65. The molecule has 128 valence electrons. The van der Waals surface area contributed by atoms with E-state index in [9.17, 15) is 8.78 Å². The molecular weight excluding hydrogens is 298 g/mol. The molecule has 0 atom stereocenters. The van der Waals surface area contributed by atoms with E-state index in [0.29, 0.717) is 30.6 Å². The SMILES string of the molecule is CCC[C@H]1CC[C@H]([C@H]2CO[C@H](c3ccc(F)c(F)c3)OC2)CC1. The van der Waals surface area contributed by atoms with Crippen molar-refractivity contribution in [3.8, 4) is 0 Å². The maximum absolute atomic E-state index is 13.3. The third kappa shape index (κ3) is 4.10. The number of hydrogen-bond acceptors (Lipinski definition) is 2. The summed E-state index contributed by atoms with van der Waals surface area (Å²) in [5.74, 6) is 0.307. The highest BCUT2D eigenvalue weighted by Crippen LogP contribution is 2.38. The van der Waals surface area contributed by atoms with Crippen LogP contribution in [0, 0.1) is 29.4 Å². The maximum atomic E-state index is 13.3. The molecule has 2 fully saturated rings. The Morgan fingerprint density at radius 2 is 1.65 bits per heavy atom. The minimum Gasteiger partial charge on any atom is -0.348 e. The van der Waals surface area contributed by atoms with Gasteiger partial charge in [0.1, 0.15) is 0 Å². The molecule has 1 heterocycles. The highest BCUT2D eigenvalue weighted by Gasteiger charge is 2.32. The minimum absolute atomic E-state index is 0.430. The van der Waals surface area contributed by atoms with Crippen LogP contribution in [0.3, 0.4) is 0 Å². The first kappa shape index (κ1) is 16.8. The van der Waals surface area contributed by atoms with E-state index in [1.807, 2.05) is 0 Å². The fourth-order valence-electron chi connectivity index (χ4n) is 4.00. The van der Waals surface area contributed by atoms with Crippen molar-refractivity contribution in [3.63, 3.8) is 0 Å². The average Bonchev–Trinajstić information content (AvgIpc) is 2.59. The molecule has 1 saturated carbocycles. The van der Waals surface area contributed by atoms with Crippen LogP contribution in [0.5, 0.6) is 0 Å². The van der Waals surface area contributed by atoms with Crippen LogP contribution in [-0.4, -0.2) is 13.2 Å². The summed E-state index contributed by atoms with van der Waals surface area (Å²) in [6.45, 7) is 3.55. The first-order chi connectivity index (χ1) is 11.2. The maximum Gasteiger partial charge on any atom is 0.183 e. The molecule has 1 saturated heterocycles. The van der Waals surface area contributed by atoms with Gasteiger partial charge in [-0.05, 0) is 36.8 Å². The van der Waals surface area contributed by atoms with Crippen LogP contribution in [0.25, 0.3) is 0 Å². The van der Waals surface area contributed by atoms with Gasteiger partial charge < -0.3 is 9.47 Å². The van der Waals surface area contributed by atoms with Crippen LogP contribution >= 0.6 is 0 Å². The number of halogens is 2. The monoisotopic (exact) mass is 324 g/mol. The molecule has 1 aliphatic carbocycles. The normalized spacial score (nSPS) is 32.0. The van der Waals surface area contributed by atoms with Crippen LogP contribution < -0.4 is 0 Å². The smallest absolute Gasteiger partial charge is 0.183 e. The van der Waals surface area contributed by atoms with Gasteiger partial charge >= 0.3 is 0 Å². The molecule has 0 bridgehead atoms. The summed E-state index contributed by atoms with van der Waals surface area (Å²) in [4.78, 5) is 0. The van der Waals surface area contributed by atoms with E-state index in [1.165, 1.54) is 44.6 Å². The van der Waals surface area contributed by atoms with E-state index in [4.69, 9.17) is 9.47 Å². The highest BCUT2D eigenvalue weighted by atomic mass is 19.2. The zero-order valence-corrected chi connectivity index (χ0v) is 13.8. The van der Waals surface area contributed by atoms with Crippen LogP contribution in [0.1, 0.15) is 57.3 Å². The van der Waals surface area contributed by atoms with Crippen LogP contribution in [0.2, 0.25) is 0 Å². The second-order valence-electron chi connectivity index (χ2n) is 7.00. The van der Waals surface area contributed by atoms with Gasteiger partial charge in [-0.1, -0.05) is 38.7 Å². The van der Waals surface area contributed by atoms with Gasteiger partial charge in [-0.15, -0.1) is 0 Å². The van der Waals surface area contributed by atoms with Gasteiger partial charge in [-0.3, -0.25) is 0 Å². The third-order valence-corrected chi connectivity index (χ3v) is 5.39. The van der Waals surface area contributed by atoms with Crippen LogP contribution in [-0.2, 0) is 9.47 Å². The molecule has 2 nitrogen and oxygen atoms in total. The number of rotatable bonds is 4. The zero-order valence-electron chi connectivity index (χ0n) is 13.8. The fourth-order valence-corrected chi connectivity index (χ4v) is 4.00. The van der Waals surface area contributed by atoms with Crippen molar-refractivity contribution in [2.24, 2.45) is 17.8 Å². The predicted molar refractivity (Wildman–Crippen MR) is 84.8 cm³/mol. The van der Waals surface area contributed by atoms with Crippen LogP contribution in [0.15, 0.2) is 18.2 Å². The van der Waals surface area contributed by atoms with Crippen molar-refractivity contribution in [2.75, 3.05) is 13.2 Å². The Balaban J connectivity index is 1.50. The fraction of sp³-hybridized carbons (Fsp3) is 0.684. The topological polar surface area (TPSA) is 18.5 Å². The van der Waals surface area contributed by atoms with Crippen molar-refractivity contribution in [1.29, 1.82) is 0 Å². The van der Waals surface area contributed by atoms with E-state index < -0.39 is 17.9 Å². The first-order valence-electron chi connectivity index (χ1n) is 8.85. The van der Waals surface area contributed by atoms with Crippen molar-refractivity contribution in [3.05, 3.63) is 35.4 Å². The van der Waals surface area contributed by atoms with Crippen LogP contribution in [0.4, 0.5) is 8.78 Å². The third-order valence-electron chi connectivity index (χ3n) is 5.39. The van der Waals surface area contributed by atoms with Crippen molar-refractivity contribution >= 4 is 0 Å². The van der Waals surface area contributed by atoms with Gasteiger partial charge in [-0.25, -0.2) is 8.78 Å². The summed E-state index contributed by atoms with van der Waals surface area (Å²) in [5.41, 5.74) is 0.550. The lowest BCUT2D eigenvalue weighted by Gasteiger charge is -2.37. The van der Waals surface area contributed by atoms with Gasteiger partial charge in [0.25, 0.3) is 0 Å². The first-order valence-corrected chi connectivity index (χ1v) is 8.85. The van der Waals surface area contributed by atoms with Gasteiger partial charge in [0.15, 0.2) is 17.9 Å². The molecule has 2 aliphatic rings. The molecule has 0 radical (unpaired) electrons. The number of ether oxygens (including phenoxy) is 2. The van der Waals surface area contributed by atoms with Gasteiger partial charge in [-0.2, -0.15) is 0 Å². The molecule has 1 aromatic carbocycles. The minimum atomic E-state index is -0.855. The lowest BCUT2D eigenvalue weighted by atomic mass is 9.75. The molecule has 0 N–H and O–H groups in total. The molecule has 3 rings (SSSR count). The molecule has 4 heteroatoms. The second-order valence-corrected chi connectivity index (χ2v) is 7.00. The largest absolute Gasteiger partial charge is 0.348 e. The van der Waals surface area contributed by atoms with E-state index in [1.54, 1.807) is 0 Å². The van der Waals surface area contributed by atoms with Gasteiger partial charge in [0, 0.05) is 11.5 Å². The summed E-state index contributed by atoms with van der Waals surface area (Å²) < 4.78 is 37.9. The molecular formula is C19H26F2O2. The van der Waals surface area contributed by atoms with Crippen molar-refractivity contribution in [2.45, 2.75) is 51.7 Å². The molecule has 0 aromatic heterocycles. The number of hydrogen-bond donors (Lipinski definition) is 0. The Labute approximate surface area is 137 Å². The molecule has 0 spiro atoms. The summed E-state index contributed by atoms with van der Waals surface area (Å²) in [6, 6.07) is 3.81. The summed E-state index contributed by atoms with van der Waals surface area (Å²) >= 11 is 0. The zero-order chi connectivity index (χ0) is 16.2. The Morgan fingerprint density at radius 1 is 0.957 bits per heavy atom. The Bertz CT molecular complexity index is 504. The summed E-state index contributed by atoms with van der Waals surface area (Å²) in [6.07, 6.45) is 7.22. The number of benzene rings is 1. The molecule has 23 heavy (non-hydrogen) atoms. The van der Waals surface area contributed by atoms with E-state index >= 15 is 0 Å². The average molecular weight is 324 g/mol. The standard InChI is InChI=1S/C19H26F2O2/c1-2-3-13-4-6-14(7-5-13)16-11-22-19(23-12-16)15-8-9-17(20)18(21)10-15/h8-10,13-14,16,19H,2-7,11-12H2,1H3/t13-,14-,16-,19-. The molecule has 0 amide bonds. The van der Waals surface area contributed by atoms with E-state index in [0.717, 1.165) is 18.1 Å². The second kappa shape index (κ2) is 7.71. The predicted octanol–water partition coefficient (Wildman–Crippen LogP) is 5.23. The molecule has 1 aromatic rings. The molecule has 0 unspecified atom stereocenters.